The Kier molecular flexibility index (Phi) is 3.05. The van der Waals surface area contributed by atoms with Crippen molar-refractivity contribution in [2.75, 3.05) is 7.05 Å². The van der Waals surface area contributed by atoms with E-state index in [0.29, 0.717) is 18.3 Å². The van der Waals surface area contributed by atoms with Crippen LogP contribution in [0.1, 0.15) is 17.3 Å². The van der Waals surface area contributed by atoms with Crippen LogP contribution in [0.2, 0.25) is 0 Å². The first-order valence-electron chi connectivity index (χ1n) is 6.27. The van der Waals surface area contributed by atoms with E-state index in [1.165, 1.54) is 16.5 Å². The van der Waals surface area contributed by atoms with Gasteiger partial charge in [0, 0.05) is 25.2 Å². The molecule has 0 aliphatic carbocycles. The number of nitrogens with zero attached hydrogens (tertiary/aromatic N) is 3. The van der Waals surface area contributed by atoms with Crippen LogP contribution >= 0.6 is 0 Å². The molecular weight excluding hydrogens is 240 g/mol. The molecule has 0 saturated carbocycles. The minimum atomic E-state index is 0.600. The second-order valence-electron chi connectivity index (χ2n) is 4.58. The van der Waals surface area contributed by atoms with Crippen LogP contribution < -0.4 is 5.32 Å². The molecule has 98 valence electrons. The molecule has 1 N–H and O–H groups in total. The molecule has 2 heterocycles. The van der Waals surface area contributed by atoms with Gasteiger partial charge < -0.3 is 14.3 Å². The van der Waals surface area contributed by atoms with Gasteiger partial charge in [0.2, 0.25) is 11.8 Å². The first-order valence-corrected chi connectivity index (χ1v) is 6.27. The second-order valence-corrected chi connectivity index (χ2v) is 4.58. The lowest BCUT2D eigenvalue weighted by molar-refractivity contribution is 0.457. The molecule has 0 unspecified atom stereocenters. The first kappa shape index (κ1) is 11.9. The van der Waals surface area contributed by atoms with Crippen molar-refractivity contribution in [1.29, 1.82) is 0 Å². The minimum absolute atomic E-state index is 0.600. The van der Waals surface area contributed by atoms with E-state index in [1.54, 1.807) is 6.92 Å². The predicted molar refractivity (Wildman–Crippen MR) is 72.8 cm³/mol. The fourth-order valence-corrected chi connectivity index (χ4v) is 2.25. The Morgan fingerprint density at radius 2 is 2.16 bits per heavy atom. The molecule has 3 rings (SSSR count). The lowest BCUT2D eigenvalue weighted by Crippen LogP contribution is -2.04. The summed E-state index contributed by atoms with van der Waals surface area (Å²) < 4.78 is 7.53. The zero-order valence-corrected chi connectivity index (χ0v) is 11.1. The number of aryl methyl sites for hydroxylation is 1. The first-order chi connectivity index (χ1) is 9.26. The third-order valence-corrected chi connectivity index (χ3v) is 3.09. The van der Waals surface area contributed by atoms with Crippen LogP contribution in [0.3, 0.4) is 0 Å². The van der Waals surface area contributed by atoms with E-state index in [-0.39, 0.29) is 0 Å². The maximum Gasteiger partial charge on any atom is 0.236 e. The third-order valence-electron chi connectivity index (χ3n) is 3.09. The number of hydrogen-bond donors (Lipinski definition) is 1. The summed E-state index contributed by atoms with van der Waals surface area (Å²) in [5, 5.41) is 12.3. The van der Waals surface area contributed by atoms with Gasteiger partial charge in [-0.25, -0.2) is 0 Å². The molecule has 19 heavy (non-hydrogen) atoms. The monoisotopic (exact) mass is 256 g/mol. The van der Waals surface area contributed by atoms with Crippen molar-refractivity contribution in [2.24, 2.45) is 0 Å². The molecule has 0 amide bonds. The number of aromatic nitrogens is 3. The summed E-state index contributed by atoms with van der Waals surface area (Å²) in [5.74, 6) is 1.23. The molecule has 0 atom stereocenters. The van der Waals surface area contributed by atoms with Crippen molar-refractivity contribution in [1.82, 2.24) is 20.1 Å². The van der Waals surface area contributed by atoms with Gasteiger partial charge in [0.05, 0.1) is 0 Å². The fraction of sp³-hybridized carbons (Fsp3) is 0.286. The van der Waals surface area contributed by atoms with E-state index in [4.69, 9.17) is 4.42 Å². The van der Waals surface area contributed by atoms with E-state index in [9.17, 15) is 0 Å². The standard InChI is InChI=1S/C14H16N4O/c1-10-16-17-14(19-10)9-18-6-5-12-7-11(8-15-2)3-4-13(12)18/h3-7,15H,8-9H2,1-2H3. The maximum absolute atomic E-state index is 5.41. The second kappa shape index (κ2) is 4.85. The molecule has 0 aliphatic rings. The van der Waals surface area contributed by atoms with Gasteiger partial charge in [-0.3, -0.25) is 0 Å². The molecule has 0 radical (unpaired) electrons. The van der Waals surface area contributed by atoms with Crippen molar-refractivity contribution in [2.45, 2.75) is 20.0 Å². The summed E-state index contributed by atoms with van der Waals surface area (Å²) in [5.41, 5.74) is 2.46. The summed E-state index contributed by atoms with van der Waals surface area (Å²) in [6, 6.07) is 8.57. The molecule has 2 aromatic heterocycles. The van der Waals surface area contributed by atoms with E-state index in [0.717, 1.165) is 6.54 Å². The number of benzene rings is 1. The molecule has 0 aliphatic heterocycles. The van der Waals surface area contributed by atoms with Crippen molar-refractivity contribution in [3.63, 3.8) is 0 Å². The van der Waals surface area contributed by atoms with Crippen molar-refractivity contribution < 1.29 is 4.42 Å². The quantitative estimate of drug-likeness (QED) is 0.776. The van der Waals surface area contributed by atoms with Crippen LogP contribution in [0.25, 0.3) is 10.9 Å². The lowest BCUT2D eigenvalue weighted by Gasteiger charge is -2.04. The van der Waals surface area contributed by atoms with E-state index >= 15 is 0 Å². The lowest BCUT2D eigenvalue weighted by atomic mass is 10.1. The van der Waals surface area contributed by atoms with Crippen LogP contribution in [0.4, 0.5) is 0 Å². The molecule has 0 bridgehead atoms. The molecule has 0 spiro atoms. The molecule has 1 aromatic carbocycles. The Hall–Kier alpha value is -2.14. The van der Waals surface area contributed by atoms with Crippen LogP contribution in [0, 0.1) is 6.92 Å². The SMILES string of the molecule is CNCc1ccc2c(ccn2Cc2nnc(C)o2)c1. The Balaban J connectivity index is 1.92. The fourth-order valence-electron chi connectivity index (χ4n) is 2.25. The van der Waals surface area contributed by atoms with E-state index in [1.807, 2.05) is 13.2 Å². The van der Waals surface area contributed by atoms with E-state index in [2.05, 4.69) is 44.3 Å². The summed E-state index contributed by atoms with van der Waals surface area (Å²) >= 11 is 0. The van der Waals surface area contributed by atoms with Crippen LogP contribution in [0.5, 0.6) is 0 Å². The van der Waals surface area contributed by atoms with Gasteiger partial charge in [-0.05, 0) is 36.2 Å². The number of fused-ring (bicyclic) bond motifs is 1. The normalized spacial score (nSPS) is 11.3. The Bertz CT molecular complexity index is 698. The summed E-state index contributed by atoms with van der Waals surface area (Å²) in [7, 11) is 1.95. The predicted octanol–water partition coefficient (Wildman–Crippen LogP) is 2.10. The van der Waals surface area contributed by atoms with Crippen molar-refractivity contribution >= 4 is 10.9 Å². The van der Waals surface area contributed by atoms with Gasteiger partial charge in [0.15, 0.2) is 0 Å². The molecule has 5 heteroatoms. The van der Waals surface area contributed by atoms with Crippen LogP contribution in [0.15, 0.2) is 34.9 Å². The smallest absolute Gasteiger partial charge is 0.236 e. The highest BCUT2D eigenvalue weighted by atomic mass is 16.4. The van der Waals surface area contributed by atoms with Gasteiger partial charge in [-0.1, -0.05) is 6.07 Å². The van der Waals surface area contributed by atoms with Gasteiger partial charge in [0.1, 0.15) is 6.54 Å². The summed E-state index contributed by atoms with van der Waals surface area (Å²) in [4.78, 5) is 0. The topological polar surface area (TPSA) is 55.9 Å². The number of hydrogen-bond acceptors (Lipinski definition) is 4. The van der Waals surface area contributed by atoms with Gasteiger partial charge in [0.25, 0.3) is 0 Å². The third kappa shape index (κ3) is 2.37. The van der Waals surface area contributed by atoms with Gasteiger partial charge >= 0.3 is 0 Å². The zero-order chi connectivity index (χ0) is 13.2. The van der Waals surface area contributed by atoms with Crippen LogP contribution in [-0.2, 0) is 13.1 Å². The Labute approximate surface area is 111 Å². The summed E-state index contributed by atoms with van der Waals surface area (Å²) in [6.45, 7) is 3.29. The molecular formula is C14H16N4O. The highest BCUT2D eigenvalue weighted by Crippen LogP contribution is 2.18. The largest absolute Gasteiger partial charge is 0.424 e. The average Bonchev–Trinajstić information content (AvgIpc) is 2.97. The average molecular weight is 256 g/mol. The zero-order valence-electron chi connectivity index (χ0n) is 11.1. The maximum atomic E-state index is 5.41. The summed E-state index contributed by atoms with van der Waals surface area (Å²) in [6.07, 6.45) is 2.05. The van der Waals surface area contributed by atoms with Crippen molar-refractivity contribution in [3.05, 3.63) is 47.8 Å². The number of nitrogens with one attached hydrogen (secondary N) is 1. The highest BCUT2D eigenvalue weighted by Gasteiger charge is 2.06. The highest BCUT2D eigenvalue weighted by molar-refractivity contribution is 5.80. The number of rotatable bonds is 4. The molecule has 5 nitrogen and oxygen atoms in total. The van der Waals surface area contributed by atoms with Crippen molar-refractivity contribution in [3.8, 4) is 0 Å². The van der Waals surface area contributed by atoms with Gasteiger partial charge in [-0.15, -0.1) is 10.2 Å². The van der Waals surface area contributed by atoms with Gasteiger partial charge in [-0.2, -0.15) is 0 Å². The van der Waals surface area contributed by atoms with E-state index < -0.39 is 0 Å². The molecule has 0 saturated heterocycles. The molecule has 3 aromatic rings. The van der Waals surface area contributed by atoms with Crippen LogP contribution in [-0.4, -0.2) is 21.8 Å². The Morgan fingerprint density at radius 1 is 1.26 bits per heavy atom. The Morgan fingerprint density at radius 3 is 2.89 bits per heavy atom. The molecule has 0 fully saturated rings. The minimum Gasteiger partial charge on any atom is -0.424 e.